The average Bonchev–Trinajstić information content (AvgIpc) is 3.15. The van der Waals surface area contributed by atoms with Gasteiger partial charge in [-0.3, -0.25) is 4.79 Å². The van der Waals surface area contributed by atoms with Crippen LogP contribution in [0, 0.1) is 50.2 Å². The first-order chi connectivity index (χ1) is 27.0. The first kappa shape index (κ1) is 44.7. The largest absolute Gasteiger partial charge is 0.481 e. The Labute approximate surface area is 339 Å². The molecule has 0 spiro atoms. The van der Waals surface area contributed by atoms with E-state index in [0.29, 0.717) is 44.9 Å². The van der Waals surface area contributed by atoms with E-state index in [1.165, 1.54) is 0 Å². The topological polar surface area (TPSA) is 277 Å². The first-order valence-corrected chi connectivity index (χ1v) is 21.2. The number of fused-ring (bicyclic) bond motifs is 7. The molecule has 0 amide bonds. The van der Waals surface area contributed by atoms with Crippen molar-refractivity contribution in [3.05, 3.63) is 11.6 Å². The third-order valence-corrected chi connectivity index (χ3v) is 17.4. The van der Waals surface area contributed by atoms with Crippen LogP contribution in [-0.4, -0.2) is 162 Å². The van der Waals surface area contributed by atoms with Crippen molar-refractivity contribution in [3.8, 4) is 0 Å². The second kappa shape index (κ2) is 15.2. The normalized spacial score (nSPS) is 55.3. The van der Waals surface area contributed by atoms with Crippen LogP contribution in [0.3, 0.4) is 0 Å². The third-order valence-electron chi connectivity index (χ3n) is 17.4. The van der Waals surface area contributed by atoms with Gasteiger partial charge < -0.3 is 75.1 Å². The van der Waals surface area contributed by atoms with Crippen LogP contribution < -0.4 is 0 Å². The Morgan fingerprint density at radius 2 is 1.36 bits per heavy atom. The molecule has 332 valence electrons. The van der Waals surface area contributed by atoms with Crippen molar-refractivity contribution in [2.75, 3.05) is 19.8 Å². The lowest BCUT2D eigenvalue weighted by Crippen LogP contribution is -2.70. The second-order valence-corrected chi connectivity index (χ2v) is 20.8. The molecule has 7 aliphatic rings. The van der Waals surface area contributed by atoms with Gasteiger partial charge in [0.15, 0.2) is 12.6 Å². The van der Waals surface area contributed by atoms with E-state index >= 15 is 0 Å². The lowest BCUT2D eigenvalue weighted by molar-refractivity contribution is -0.375. The van der Waals surface area contributed by atoms with E-state index in [1.54, 1.807) is 0 Å². The van der Waals surface area contributed by atoms with Crippen LogP contribution >= 0.6 is 0 Å². The second-order valence-electron chi connectivity index (χ2n) is 20.8. The molecule has 58 heavy (non-hydrogen) atoms. The summed E-state index contributed by atoms with van der Waals surface area (Å²) in [5, 5.41) is 120. The molecule has 0 bridgehead atoms. The summed E-state index contributed by atoms with van der Waals surface area (Å²) >= 11 is 0. The van der Waals surface area contributed by atoms with Gasteiger partial charge in [0.2, 0.25) is 0 Å². The molecule has 16 nitrogen and oxygen atoms in total. The van der Waals surface area contributed by atoms with E-state index in [2.05, 4.69) is 40.7 Å². The number of hydrogen-bond donors (Lipinski definition) is 11. The predicted octanol–water partition coefficient (Wildman–Crippen LogP) is -0.204. The van der Waals surface area contributed by atoms with Crippen molar-refractivity contribution in [2.45, 2.75) is 173 Å². The summed E-state index contributed by atoms with van der Waals surface area (Å²) in [6, 6.07) is 0. The smallest absolute Gasteiger partial charge is 0.312 e. The fourth-order valence-corrected chi connectivity index (χ4v) is 13.9. The Bertz CT molecular complexity index is 1570. The Kier molecular flexibility index (Phi) is 11.7. The highest BCUT2D eigenvalue weighted by atomic mass is 16.7. The lowest BCUT2D eigenvalue weighted by Gasteiger charge is -2.72. The van der Waals surface area contributed by atoms with E-state index in [9.17, 15) is 61.0 Å². The molecule has 4 saturated carbocycles. The zero-order valence-corrected chi connectivity index (χ0v) is 34.6. The van der Waals surface area contributed by atoms with Crippen molar-refractivity contribution in [3.63, 3.8) is 0 Å². The summed E-state index contributed by atoms with van der Waals surface area (Å²) in [6.45, 7) is 10.9. The summed E-state index contributed by atoms with van der Waals surface area (Å²) in [5.41, 5.74) is -2.84. The highest BCUT2D eigenvalue weighted by Crippen LogP contribution is 2.76. The third kappa shape index (κ3) is 6.33. The highest BCUT2D eigenvalue weighted by molar-refractivity contribution is 5.77. The van der Waals surface area contributed by atoms with Crippen molar-refractivity contribution < 1.29 is 79.9 Å². The molecule has 2 saturated heterocycles. The molecule has 21 atom stereocenters. The number of carboxylic acids is 1. The van der Waals surface area contributed by atoms with Crippen LogP contribution in [0.4, 0.5) is 0 Å². The Morgan fingerprint density at radius 3 is 1.97 bits per heavy atom. The molecule has 2 aliphatic heterocycles. The maximum absolute atomic E-state index is 13.1. The van der Waals surface area contributed by atoms with Gasteiger partial charge in [0.1, 0.15) is 54.2 Å². The van der Waals surface area contributed by atoms with E-state index in [0.717, 1.165) is 5.57 Å². The van der Waals surface area contributed by atoms with Gasteiger partial charge in [0.25, 0.3) is 0 Å². The summed E-state index contributed by atoms with van der Waals surface area (Å²) in [7, 11) is 0. The molecule has 2 heterocycles. The number of ether oxygens (including phenoxy) is 4. The monoisotopic (exact) mass is 828 g/mol. The van der Waals surface area contributed by atoms with Gasteiger partial charge in [-0.15, -0.1) is 0 Å². The molecule has 11 N–H and O–H groups in total. The van der Waals surface area contributed by atoms with Gasteiger partial charge >= 0.3 is 5.97 Å². The summed E-state index contributed by atoms with van der Waals surface area (Å²) in [5.74, 6) is -1.52. The van der Waals surface area contributed by atoms with Crippen LogP contribution in [0.5, 0.6) is 0 Å². The number of carboxylic acid groups (broad SMARTS) is 1. The van der Waals surface area contributed by atoms with E-state index in [4.69, 9.17) is 18.9 Å². The fraction of sp³-hybridized carbons (Fsp3) is 0.929. The number of hydrogen-bond acceptors (Lipinski definition) is 15. The van der Waals surface area contributed by atoms with Crippen LogP contribution in [0.1, 0.15) is 92.9 Å². The molecule has 0 aromatic carbocycles. The van der Waals surface area contributed by atoms with Crippen molar-refractivity contribution in [1.82, 2.24) is 0 Å². The lowest BCUT2D eigenvalue weighted by atomic mass is 9.33. The summed E-state index contributed by atoms with van der Waals surface area (Å²) in [4.78, 5) is 13.1. The molecule has 0 aromatic heterocycles. The van der Waals surface area contributed by atoms with Gasteiger partial charge in [0, 0.05) is 5.41 Å². The van der Waals surface area contributed by atoms with Crippen molar-refractivity contribution in [1.29, 1.82) is 0 Å². The van der Waals surface area contributed by atoms with Gasteiger partial charge in [0.05, 0.1) is 38.1 Å². The first-order valence-electron chi connectivity index (χ1n) is 21.2. The molecule has 7 rings (SSSR count). The van der Waals surface area contributed by atoms with E-state index in [1.807, 2.05) is 6.92 Å². The van der Waals surface area contributed by atoms with Crippen LogP contribution in [0.15, 0.2) is 11.6 Å². The number of rotatable bonds is 8. The Hall–Kier alpha value is -1.35. The zero-order chi connectivity index (χ0) is 42.7. The maximum Gasteiger partial charge on any atom is 0.312 e. The molecule has 16 heteroatoms. The minimum absolute atomic E-state index is 0.0307. The van der Waals surface area contributed by atoms with Crippen LogP contribution in [0.2, 0.25) is 0 Å². The van der Waals surface area contributed by atoms with E-state index < -0.39 is 133 Å². The highest BCUT2D eigenvalue weighted by Gasteiger charge is 2.72. The molecule has 0 radical (unpaired) electrons. The van der Waals surface area contributed by atoms with Crippen molar-refractivity contribution >= 4 is 5.97 Å². The number of allylic oxidation sites excluding steroid dienone is 2. The van der Waals surface area contributed by atoms with Gasteiger partial charge in [-0.25, -0.2) is 0 Å². The predicted molar refractivity (Wildman–Crippen MR) is 202 cm³/mol. The molecule has 5 aliphatic carbocycles. The van der Waals surface area contributed by atoms with Gasteiger partial charge in [-0.05, 0) is 90.8 Å². The summed E-state index contributed by atoms with van der Waals surface area (Å²) in [6.07, 6.45) is -13.4. The van der Waals surface area contributed by atoms with Gasteiger partial charge in [-0.1, -0.05) is 53.2 Å². The standard InChI is InChI=1S/C42H68O16/c1-37(2)11-12-42(36(53)54)20(13-37)19-7-8-25-38(3)14-21(46)33(39(4,18-45)24(38)9-10-40(25,5)41(19,6)15-26(42)47)58-35-31(52)32(28(49)23(17-44)56-35)57-34-30(51)29(50)27(48)22(16-43)55-34/h7,20-35,43-52H,8-18H2,1-6H3,(H,53,54)/t20-,21-,22+,23+,24+,25+,26-,27+,28+,29-,30+,31+,32-,33-,34-,35-,38-,39-,40+,41+,42+/m0/s1. The number of aliphatic carboxylic acids is 1. The number of aliphatic hydroxyl groups excluding tert-OH is 10. The molecule has 0 aromatic rings. The van der Waals surface area contributed by atoms with E-state index in [-0.39, 0.29) is 29.6 Å². The molecule has 0 unspecified atom stereocenters. The number of aliphatic hydroxyl groups is 10. The SMILES string of the molecule is CC1(C)CC[C@]2(C(=O)O)[C@@H](O)C[C@]3(C)C(=CC[C@@H]4[C@@]5(C)C[C@H](O)[C@H](O[C@@H]6O[C@H](CO)[C@@H](O)[C@H](O[C@@H]7O[C@H](CO)[C@@H](O)[C@H](O)[C@H]7O)[C@H]6O)[C@@](C)(CO)[C@@H]5CC[C@]43C)[C@@H]2C1. The minimum atomic E-state index is -1.85. The van der Waals surface area contributed by atoms with Crippen LogP contribution in [-0.2, 0) is 23.7 Å². The van der Waals surface area contributed by atoms with Crippen LogP contribution in [0.25, 0.3) is 0 Å². The molecular formula is C42H68O16. The van der Waals surface area contributed by atoms with Gasteiger partial charge in [-0.2, -0.15) is 0 Å². The quantitative estimate of drug-likeness (QED) is 0.112. The maximum atomic E-state index is 13.1. The van der Waals surface area contributed by atoms with Crippen molar-refractivity contribution in [2.24, 2.45) is 50.2 Å². The molecular weight excluding hydrogens is 760 g/mol. The average molecular weight is 829 g/mol. The number of carbonyl (C=O) groups is 1. The minimum Gasteiger partial charge on any atom is -0.481 e. The molecule has 6 fully saturated rings. The zero-order valence-electron chi connectivity index (χ0n) is 34.6. The Balaban J connectivity index is 1.17. The summed E-state index contributed by atoms with van der Waals surface area (Å²) < 4.78 is 23.5. The Morgan fingerprint density at radius 1 is 0.741 bits per heavy atom. The fourth-order valence-electron chi connectivity index (χ4n) is 13.9.